The maximum Gasteiger partial charge on any atom is 0.338 e. The third-order valence-electron chi connectivity index (χ3n) is 5.29. The van der Waals surface area contributed by atoms with Crippen LogP contribution < -0.4 is 15.4 Å². The van der Waals surface area contributed by atoms with Crippen LogP contribution in [0.3, 0.4) is 0 Å². The molecule has 1 atom stereocenters. The van der Waals surface area contributed by atoms with Crippen LogP contribution in [0.25, 0.3) is 0 Å². The van der Waals surface area contributed by atoms with Gasteiger partial charge in [0.25, 0.3) is 21.8 Å². The summed E-state index contributed by atoms with van der Waals surface area (Å²) in [6.45, 7) is 1.20. The normalized spacial score (nSPS) is 15.0. The average molecular weight is 500 g/mol. The van der Waals surface area contributed by atoms with E-state index in [1.807, 2.05) is 19.1 Å². The van der Waals surface area contributed by atoms with E-state index in [-0.39, 0.29) is 27.1 Å². The first kappa shape index (κ1) is 23.5. The lowest BCUT2D eigenvalue weighted by Crippen LogP contribution is -2.35. The van der Waals surface area contributed by atoms with Crippen molar-refractivity contribution in [2.45, 2.75) is 24.3 Å². The first-order valence-electron chi connectivity index (χ1n) is 10.2. The zero-order chi connectivity index (χ0) is 24.5. The molecule has 34 heavy (non-hydrogen) atoms. The molecule has 0 spiro atoms. The van der Waals surface area contributed by atoms with Gasteiger partial charge in [-0.05, 0) is 54.6 Å². The number of hydrogen-bond acceptors (Lipinski definition) is 7. The van der Waals surface area contributed by atoms with Gasteiger partial charge in [-0.2, -0.15) is 0 Å². The Labute approximate surface area is 200 Å². The predicted molar refractivity (Wildman–Crippen MR) is 127 cm³/mol. The van der Waals surface area contributed by atoms with Gasteiger partial charge in [0.15, 0.2) is 6.61 Å². The number of hydrogen-bond donors (Lipinski definition) is 2. The number of nitrogens with one attached hydrogen (secondary N) is 1. The van der Waals surface area contributed by atoms with Crippen molar-refractivity contribution in [1.29, 1.82) is 0 Å². The molecule has 0 bridgehead atoms. The Balaban J connectivity index is 1.47. The van der Waals surface area contributed by atoms with Crippen molar-refractivity contribution in [2.24, 2.45) is 5.73 Å². The van der Waals surface area contributed by atoms with E-state index in [0.29, 0.717) is 12.1 Å². The number of benzene rings is 2. The summed E-state index contributed by atoms with van der Waals surface area (Å²) in [4.78, 5) is 35.9. The first-order chi connectivity index (χ1) is 16.2. The van der Waals surface area contributed by atoms with E-state index in [1.165, 1.54) is 34.6 Å². The summed E-state index contributed by atoms with van der Waals surface area (Å²) in [5.74, 6) is -2.21. The number of nitrogens with zero attached hydrogens (tertiary/aromatic N) is 1. The Morgan fingerprint density at radius 2 is 1.91 bits per heavy atom. The Bertz CT molecular complexity index is 1380. The number of ether oxygens (including phenoxy) is 1. The number of carbonyl (C=O) groups excluding carboxylic acids is 3. The van der Waals surface area contributed by atoms with Gasteiger partial charge < -0.3 is 15.8 Å². The zero-order valence-corrected chi connectivity index (χ0v) is 19.7. The highest BCUT2D eigenvalue weighted by molar-refractivity contribution is 7.92. The molecule has 11 heteroatoms. The molecular weight excluding hydrogens is 478 g/mol. The van der Waals surface area contributed by atoms with Gasteiger partial charge in [-0.25, -0.2) is 13.2 Å². The lowest BCUT2D eigenvalue weighted by atomic mass is 10.1. The molecule has 1 unspecified atom stereocenters. The minimum absolute atomic E-state index is 0.0111. The number of nitrogens with two attached hydrogens (primary N) is 1. The molecule has 3 N–H and O–H groups in total. The number of fused-ring (bicyclic) bond motifs is 1. The lowest BCUT2D eigenvalue weighted by Gasteiger charge is -2.24. The molecular formula is C23H21N3O6S2. The van der Waals surface area contributed by atoms with Gasteiger partial charge >= 0.3 is 5.97 Å². The molecule has 1 aliphatic heterocycles. The van der Waals surface area contributed by atoms with Crippen LogP contribution in [0.2, 0.25) is 0 Å². The molecule has 1 aromatic heterocycles. The highest BCUT2D eigenvalue weighted by Crippen LogP contribution is 2.36. The standard InChI is InChI=1S/C23H21N3O6S2/c1-14-11-15-5-2-3-8-19(15)26(14)34(30,31)17-7-4-6-16(12-17)23(29)32-13-20(27)25-22-18(21(24)28)9-10-33-22/h2-10,12,14H,11,13H2,1H3,(H2,24,28)(H,25,27). The van der Waals surface area contributed by atoms with E-state index in [9.17, 15) is 22.8 Å². The van der Waals surface area contributed by atoms with Crippen molar-refractivity contribution < 1.29 is 27.5 Å². The summed E-state index contributed by atoms with van der Waals surface area (Å²) < 4.78 is 33.2. The van der Waals surface area contributed by atoms with E-state index < -0.39 is 34.4 Å². The smallest absolute Gasteiger partial charge is 0.338 e. The van der Waals surface area contributed by atoms with Crippen LogP contribution in [-0.4, -0.2) is 38.9 Å². The molecule has 4 rings (SSSR count). The molecule has 9 nitrogen and oxygen atoms in total. The average Bonchev–Trinajstić information content (AvgIpc) is 3.41. The van der Waals surface area contributed by atoms with E-state index >= 15 is 0 Å². The SMILES string of the molecule is CC1Cc2ccccc2N1S(=O)(=O)c1cccc(C(=O)OCC(=O)Nc2sccc2C(N)=O)c1. The molecule has 2 aromatic carbocycles. The summed E-state index contributed by atoms with van der Waals surface area (Å²) in [5, 5.41) is 4.31. The number of primary amides is 1. The Morgan fingerprint density at radius 3 is 2.68 bits per heavy atom. The maximum absolute atomic E-state index is 13.4. The van der Waals surface area contributed by atoms with Crippen molar-refractivity contribution in [3.63, 3.8) is 0 Å². The fourth-order valence-corrected chi connectivity index (χ4v) is 6.33. The van der Waals surface area contributed by atoms with Crippen LogP contribution in [0.4, 0.5) is 10.7 Å². The monoisotopic (exact) mass is 499 g/mol. The van der Waals surface area contributed by atoms with Gasteiger partial charge in [0, 0.05) is 6.04 Å². The molecule has 176 valence electrons. The fraction of sp³-hybridized carbons (Fsp3) is 0.174. The molecule has 1 aliphatic rings. The van der Waals surface area contributed by atoms with Gasteiger partial charge in [0.1, 0.15) is 5.00 Å². The number of esters is 1. The van der Waals surface area contributed by atoms with Crippen LogP contribution in [0, 0.1) is 0 Å². The maximum atomic E-state index is 13.4. The molecule has 0 fully saturated rings. The molecule has 0 saturated carbocycles. The fourth-order valence-electron chi connectivity index (χ4n) is 3.78. The van der Waals surface area contributed by atoms with Crippen LogP contribution in [0.5, 0.6) is 0 Å². The van der Waals surface area contributed by atoms with Gasteiger partial charge in [-0.3, -0.25) is 13.9 Å². The second-order valence-electron chi connectivity index (χ2n) is 7.66. The molecule has 0 saturated heterocycles. The highest BCUT2D eigenvalue weighted by Gasteiger charge is 2.36. The second kappa shape index (κ2) is 9.27. The number of rotatable bonds is 7. The minimum Gasteiger partial charge on any atom is -0.452 e. The van der Waals surface area contributed by atoms with Crippen molar-refractivity contribution in [2.75, 3.05) is 16.2 Å². The number of sulfonamides is 1. The Morgan fingerprint density at radius 1 is 1.15 bits per heavy atom. The molecule has 2 amide bonds. The van der Waals surface area contributed by atoms with Crippen molar-refractivity contribution in [3.05, 3.63) is 76.7 Å². The molecule has 0 radical (unpaired) electrons. The number of anilines is 2. The zero-order valence-electron chi connectivity index (χ0n) is 18.1. The van der Waals surface area contributed by atoms with Crippen LogP contribution in [0.15, 0.2) is 64.9 Å². The third kappa shape index (κ3) is 4.52. The largest absolute Gasteiger partial charge is 0.452 e. The molecule has 3 aromatic rings. The molecule has 2 heterocycles. The summed E-state index contributed by atoms with van der Waals surface area (Å²) >= 11 is 1.10. The number of amides is 2. The van der Waals surface area contributed by atoms with E-state index in [2.05, 4.69) is 5.32 Å². The topological polar surface area (TPSA) is 136 Å². The quantitative estimate of drug-likeness (QED) is 0.480. The predicted octanol–water partition coefficient (Wildman–Crippen LogP) is 2.78. The third-order valence-corrected chi connectivity index (χ3v) is 8.04. The van der Waals surface area contributed by atoms with Gasteiger partial charge in [0.2, 0.25) is 0 Å². The van der Waals surface area contributed by atoms with Crippen molar-refractivity contribution >= 4 is 49.8 Å². The summed E-state index contributed by atoms with van der Waals surface area (Å²) in [6.07, 6.45) is 0.591. The van der Waals surface area contributed by atoms with Crippen molar-refractivity contribution in [1.82, 2.24) is 0 Å². The summed E-state index contributed by atoms with van der Waals surface area (Å²) in [7, 11) is -3.93. The van der Waals surface area contributed by atoms with E-state index in [4.69, 9.17) is 10.5 Å². The van der Waals surface area contributed by atoms with Gasteiger partial charge in [-0.15, -0.1) is 11.3 Å². The number of carbonyl (C=O) groups is 3. The summed E-state index contributed by atoms with van der Waals surface area (Å²) in [5.41, 5.74) is 6.93. The number of para-hydroxylation sites is 1. The van der Waals surface area contributed by atoms with Crippen molar-refractivity contribution in [3.8, 4) is 0 Å². The lowest BCUT2D eigenvalue weighted by molar-refractivity contribution is -0.119. The summed E-state index contributed by atoms with van der Waals surface area (Å²) in [6, 6.07) is 14.0. The Hall–Kier alpha value is -3.70. The minimum atomic E-state index is -3.93. The van der Waals surface area contributed by atoms with Crippen LogP contribution in [-0.2, 0) is 26.0 Å². The highest BCUT2D eigenvalue weighted by atomic mass is 32.2. The molecule has 0 aliphatic carbocycles. The van der Waals surface area contributed by atoms with E-state index in [1.54, 1.807) is 17.5 Å². The van der Waals surface area contributed by atoms with Crippen LogP contribution in [0.1, 0.15) is 33.2 Å². The van der Waals surface area contributed by atoms with Gasteiger partial charge in [-0.1, -0.05) is 24.3 Å². The Kier molecular flexibility index (Phi) is 6.40. The van der Waals surface area contributed by atoms with Crippen LogP contribution >= 0.6 is 11.3 Å². The van der Waals surface area contributed by atoms with Gasteiger partial charge in [0.05, 0.1) is 21.7 Å². The number of thiophene rings is 1. The van der Waals surface area contributed by atoms with E-state index in [0.717, 1.165) is 16.9 Å². The first-order valence-corrected chi connectivity index (χ1v) is 12.6. The second-order valence-corrected chi connectivity index (χ2v) is 10.4.